The van der Waals surface area contributed by atoms with Crippen molar-refractivity contribution < 1.29 is 18.7 Å². The number of halogens is 2. The summed E-state index contributed by atoms with van der Waals surface area (Å²) in [5, 5.41) is 13.1. The summed E-state index contributed by atoms with van der Waals surface area (Å²) in [6.07, 6.45) is 0. The van der Waals surface area contributed by atoms with E-state index in [0.29, 0.717) is 22.7 Å². The zero-order chi connectivity index (χ0) is 20.1. The summed E-state index contributed by atoms with van der Waals surface area (Å²) < 4.78 is 25.1. The fourth-order valence-electron chi connectivity index (χ4n) is 2.48. The summed E-state index contributed by atoms with van der Waals surface area (Å²) >= 11 is 6.28. The van der Waals surface area contributed by atoms with Gasteiger partial charge in [0.05, 0.1) is 23.0 Å². The van der Waals surface area contributed by atoms with Crippen LogP contribution in [0.2, 0.25) is 5.15 Å². The van der Waals surface area contributed by atoms with Crippen LogP contribution in [0.1, 0.15) is 21.6 Å². The molecule has 0 aliphatic heterocycles. The van der Waals surface area contributed by atoms with Crippen molar-refractivity contribution in [3.05, 3.63) is 76.3 Å². The van der Waals surface area contributed by atoms with Crippen molar-refractivity contribution in [2.45, 2.75) is 6.92 Å². The fourth-order valence-corrected chi connectivity index (χ4v) is 2.83. The summed E-state index contributed by atoms with van der Waals surface area (Å²) in [4.78, 5) is 12.4. The second-order valence-corrected chi connectivity index (χ2v) is 6.12. The number of esters is 1. The van der Waals surface area contributed by atoms with Crippen LogP contribution in [-0.2, 0) is 4.74 Å². The normalized spacial score (nSPS) is 10.4. The number of nitriles is 1. The molecule has 1 heterocycles. The van der Waals surface area contributed by atoms with Gasteiger partial charge >= 0.3 is 5.97 Å². The van der Waals surface area contributed by atoms with Gasteiger partial charge in [0.1, 0.15) is 35.5 Å². The molecule has 0 spiro atoms. The van der Waals surface area contributed by atoms with E-state index in [1.54, 1.807) is 31.2 Å². The minimum absolute atomic E-state index is 0.0102. The van der Waals surface area contributed by atoms with Gasteiger partial charge < -0.3 is 9.47 Å². The van der Waals surface area contributed by atoms with Crippen LogP contribution in [0.5, 0.6) is 5.75 Å². The Kier molecular flexibility index (Phi) is 5.92. The molecule has 0 amide bonds. The zero-order valence-corrected chi connectivity index (χ0v) is 15.6. The van der Waals surface area contributed by atoms with Crippen LogP contribution in [0.25, 0.3) is 5.69 Å². The molecule has 0 saturated carbocycles. The number of nitrogens with zero attached hydrogens (tertiary/aromatic N) is 3. The summed E-state index contributed by atoms with van der Waals surface area (Å²) in [7, 11) is 0. The number of ether oxygens (including phenoxy) is 2. The molecule has 0 aliphatic rings. The Morgan fingerprint density at radius 1 is 1.18 bits per heavy atom. The van der Waals surface area contributed by atoms with E-state index in [9.17, 15) is 9.18 Å². The van der Waals surface area contributed by atoms with Gasteiger partial charge in [0.15, 0.2) is 0 Å². The monoisotopic (exact) mass is 399 g/mol. The highest BCUT2D eigenvalue weighted by Gasteiger charge is 2.22. The highest BCUT2D eigenvalue weighted by molar-refractivity contribution is 6.33. The first-order chi connectivity index (χ1) is 13.5. The van der Waals surface area contributed by atoms with Gasteiger partial charge in [0.25, 0.3) is 0 Å². The molecule has 6 nitrogen and oxygen atoms in total. The molecule has 0 fully saturated rings. The van der Waals surface area contributed by atoms with Gasteiger partial charge in [-0.3, -0.25) is 0 Å². The molecule has 0 bridgehead atoms. The summed E-state index contributed by atoms with van der Waals surface area (Å²) in [5.74, 6) is -0.446. The molecule has 0 unspecified atom stereocenters. The Hall–Kier alpha value is -3.37. The Balaban J connectivity index is 1.61. The highest BCUT2D eigenvalue weighted by Crippen LogP contribution is 2.24. The third kappa shape index (κ3) is 4.30. The molecule has 0 radical (unpaired) electrons. The average Bonchev–Trinajstić information content (AvgIpc) is 3.00. The Labute approximate surface area is 165 Å². The number of benzene rings is 2. The molecule has 142 valence electrons. The van der Waals surface area contributed by atoms with Crippen LogP contribution < -0.4 is 4.74 Å². The van der Waals surface area contributed by atoms with Crippen LogP contribution >= 0.6 is 11.6 Å². The van der Waals surface area contributed by atoms with E-state index < -0.39 is 5.97 Å². The van der Waals surface area contributed by atoms with E-state index in [1.165, 1.54) is 28.9 Å². The van der Waals surface area contributed by atoms with E-state index in [4.69, 9.17) is 26.3 Å². The first-order valence-corrected chi connectivity index (χ1v) is 8.68. The largest absolute Gasteiger partial charge is 0.490 e. The lowest BCUT2D eigenvalue weighted by atomic mass is 10.2. The zero-order valence-electron chi connectivity index (χ0n) is 14.9. The molecule has 0 N–H and O–H groups in total. The molecule has 0 saturated heterocycles. The van der Waals surface area contributed by atoms with E-state index in [0.717, 1.165) is 0 Å². The Morgan fingerprint density at radius 2 is 1.86 bits per heavy atom. The number of carbonyl (C=O) groups is 1. The van der Waals surface area contributed by atoms with Crippen LogP contribution in [0, 0.1) is 24.1 Å². The van der Waals surface area contributed by atoms with Crippen molar-refractivity contribution >= 4 is 17.6 Å². The van der Waals surface area contributed by atoms with Crippen molar-refractivity contribution in [1.29, 1.82) is 5.26 Å². The van der Waals surface area contributed by atoms with Gasteiger partial charge in [-0.05, 0) is 55.5 Å². The summed E-state index contributed by atoms with van der Waals surface area (Å²) in [6.45, 7) is 1.78. The third-order valence-corrected chi connectivity index (χ3v) is 4.20. The number of aromatic nitrogens is 2. The smallest absolute Gasteiger partial charge is 0.343 e. The number of carbonyl (C=O) groups excluding carboxylic acids is 1. The van der Waals surface area contributed by atoms with Crippen molar-refractivity contribution in [3.63, 3.8) is 0 Å². The molecule has 3 aromatic rings. The van der Waals surface area contributed by atoms with E-state index in [-0.39, 0.29) is 29.7 Å². The standard InChI is InChI=1S/C20H15ClFN3O3/c1-13-18(19(21)25(24-13)16-6-4-15(22)5-7-16)20(26)28-11-10-27-17-8-2-14(12-23)3-9-17/h2-9H,10-11H2,1H3. The van der Waals surface area contributed by atoms with Crippen molar-refractivity contribution in [1.82, 2.24) is 9.78 Å². The molecule has 0 aliphatic carbocycles. The van der Waals surface area contributed by atoms with E-state index >= 15 is 0 Å². The van der Waals surface area contributed by atoms with Gasteiger partial charge in [-0.1, -0.05) is 11.6 Å². The summed E-state index contributed by atoms with van der Waals surface area (Å²) in [5.41, 5.74) is 1.59. The highest BCUT2D eigenvalue weighted by atomic mass is 35.5. The molecule has 0 atom stereocenters. The quantitative estimate of drug-likeness (QED) is 0.461. The average molecular weight is 400 g/mol. The SMILES string of the molecule is Cc1nn(-c2ccc(F)cc2)c(Cl)c1C(=O)OCCOc1ccc(C#N)cc1. The van der Waals surface area contributed by atoms with Crippen LogP contribution in [-0.4, -0.2) is 29.0 Å². The number of rotatable bonds is 6. The first kappa shape index (κ1) is 19.4. The molecule has 1 aromatic heterocycles. The Bertz CT molecular complexity index is 1020. The molecular formula is C20H15ClFN3O3. The van der Waals surface area contributed by atoms with Crippen LogP contribution in [0.15, 0.2) is 48.5 Å². The van der Waals surface area contributed by atoms with E-state index in [1.807, 2.05) is 6.07 Å². The maximum absolute atomic E-state index is 13.1. The van der Waals surface area contributed by atoms with Gasteiger partial charge in [-0.15, -0.1) is 0 Å². The van der Waals surface area contributed by atoms with Crippen LogP contribution in [0.3, 0.4) is 0 Å². The Morgan fingerprint density at radius 3 is 2.50 bits per heavy atom. The second-order valence-electron chi connectivity index (χ2n) is 5.76. The van der Waals surface area contributed by atoms with E-state index in [2.05, 4.69) is 5.10 Å². The maximum atomic E-state index is 13.1. The minimum atomic E-state index is -0.626. The molecule has 28 heavy (non-hydrogen) atoms. The van der Waals surface area contributed by atoms with Crippen LogP contribution in [0.4, 0.5) is 4.39 Å². The van der Waals surface area contributed by atoms with Gasteiger partial charge in [-0.25, -0.2) is 13.9 Å². The number of hydrogen-bond acceptors (Lipinski definition) is 5. The number of hydrogen-bond donors (Lipinski definition) is 0. The molecular weight excluding hydrogens is 385 g/mol. The minimum Gasteiger partial charge on any atom is -0.490 e. The van der Waals surface area contributed by atoms with Gasteiger partial charge in [0.2, 0.25) is 0 Å². The predicted octanol–water partition coefficient (Wildman–Crippen LogP) is 4.08. The fraction of sp³-hybridized carbons (Fsp3) is 0.150. The van der Waals surface area contributed by atoms with Crippen molar-refractivity contribution in [3.8, 4) is 17.5 Å². The predicted molar refractivity (Wildman–Crippen MR) is 100 cm³/mol. The lowest BCUT2D eigenvalue weighted by Gasteiger charge is -2.07. The molecule has 2 aromatic carbocycles. The van der Waals surface area contributed by atoms with Gasteiger partial charge in [-0.2, -0.15) is 10.4 Å². The molecule has 8 heteroatoms. The summed E-state index contributed by atoms with van der Waals surface area (Å²) in [6, 6.07) is 14.2. The van der Waals surface area contributed by atoms with Crippen molar-refractivity contribution in [2.75, 3.05) is 13.2 Å². The van der Waals surface area contributed by atoms with Crippen molar-refractivity contribution in [2.24, 2.45) is 0 Å². The lowest BCUT2D eigenvalue weighted by Crippen LogP contribution is -2.13. The topological polar surface area (TPSA) is 77.1 Å². The third-order valence-electron chi connectivity index (χ3n) is 3.85. The second kappa shape index (κ2) is 8.55. The first-order valence-electron chi connectivity index (χ1n) is 8.30. The maximum Gasteiger partial charge on any atom is 0.343 e. The number of aryl methyl sites for hydroxylation is 1. The van der Waals surface area contributed by atoms with Gasteiger partial charge in [0, 0.05) is 0 Å². The lowest BCUT2D eigenvalue weighted by molar-refractivity contribution is 0.0450. The molecule has 3 rings (SSSR count).